The van der Waals surface area contributed by atoms with Crippen LogP contribution in [0.3, 0.4) is 0 Å². The third kappa shape index (κ3) is 2.39. The highest BCUT2D eigenvalue weighted by Gasteiger charge is 2.27. The first kappa shape index (κ1) is 12.7. The molecule has 0 saturated heterocycles. The molecule has 0 saturated carbocycles. The van der Waals surface area contributed by atoms with E-state index in [-0.39, 0.29) is 23.2 Å². The van der Waals surface area contributed by atoms with Crippen LogP contribution in [0.5, 0.6) is 11.5 Å². The molecule has 2 N–H and O–H groups in total. The van der Waals surface area contributed by atoms with Gasteiger partial charge in [0.05, 0.1) is 0 Å². The molecule has 1 aliphatic rings. The minimum atomic E-state index is -0.0171. The quantitative estimate of drug-likeness (QED) is 0.880. The number of rotatable bonds is 2. The van der Waals surface area contributed by atoms with Crippen molar-refractivity contribution in [3.63, 3.8) is 0 Å². The standard InChI is InChI=1S/C17H16O3/c18-14-5-1-11(2-6-14)9-13-4-3-12-10-15(19)7-8-16(12)17(13)20/h1-2,5-8,10,13,18-19H,3-4,9H2/t13-/m1/s1. The van der Waals surface area contributed by atoms with Crippen LogP contribution in [-0.4, -0.2) is 16.0 Å². The summed E-state index contributed by atoms with van der Waals surface area (Å²) in [6.45, 7) is 0. The summed E-state index contributed by atoms with van der Waals surface area (Å²) in [5, 5.41) is 18.7. The van der Waals surface area contributed by atoms with Crippen molar-refractivity contribution < 1.29 is 15.0 Å². The second-order valence-corrected chi connectivity index (χ2v) is 5.31. The number of aromatic hydroxyl groups is 2. The lowest BCUT2D eigenvalue weighted by atomic mass is 9.79. The van der Waals surface area contributed by atoms with E-state index in [2.05, 4.69) is 0 Å². The highest BCUT2D eigenvalue weighted by molar-refractivity contribution is 6.00. The molecule has 1 aliphatic carbocycles. The summed E-state index contributed by atoms with van der Waals surface area (Å²) in [7, 11) is 0. The van der Waals surface area contributed by atoms with E-state index in [0.29, 0.717) is 6.42 Å². The summed E-state index contributed by atoms with van der Waals surface area (Å²) >= 11 is 0. The Labute approximate surface area is 117 Å². The Hall–Kier alpha value is -2.29. The van der Waals surface area contributed by atoms with Crippen LogP contribution in [0.4, 0.5) is 0 Å². The molecule has 0 fully saturated rings. The average molecular weight is 268 g/mol. The summed E-state index contributed by atoms with van der Waals surface area (Å²) in [5.74, 6) is 0.592. The number of aryl methyl sites for hydroxylation is 1. The molecule has 3 rings (SSSR count). The van der Waals surface area contributed by atoms with Crippen LogP contribution in [0.2, 0.25) is 0 Å². The number of phenols is 2. The molecule has 0 unspecified atom stereocenters. The normalized spacial score (nSPS) is 17.8. The monoisotopic (exact) mass is 268 g/mol. The number of benzene rings is 2. The van der Waals surface area contributed by atoms with Crippen molar-refractivity contribution >= 4 is 5.78 Å². The summed E-state index contributed by atoms with van der Waals surface area (Å²) in [4.78, 5) is 12.5. The van der Waals surface area contributed by atoms with Crippen LogP contribution in [-0.2, 0) is 12.8 Å². The number of phenolic OH excluding ortho intramolecular Hbond substituents is 2. The second kappa shape index (κ2) is 5.00. The molecule has 0 aliphatic heterocycles. The summed E-state index contributed by atoms with van der Waals surface area (Å²) < 4.78 is 0. The zero-order chi connectivity index (χ0) is 14.1. The van der Waals surface area contributed by atoms with Crippen LogP contribution in [0.1, 0.15) is 27.9 Å². The van der Waals surface area contributed by atoms with Crippen molar-refractivity contribution in [3.8, 4) is 11.5 Å². The Morgan fingerprint density at radius 1 is 1.00 bits per heavy atom. The SMILES string of the molecule is O=C1c2ccc(O)cc2CC[C@@H]1Cc1ccc(O)cc1. The van der Waals surface area contributed by atoms with Gasteiger partial charge < -0.3 is 10.2 Å². The molecule has 0 aromatic heterocycles. The predicted octanol–water partition coefficient (Wildman–Crippen LogP) is 3.09. The van der Waals surface area contributed by atoms with Crippen molar-refractivity contribution in [2.45, 2.75) is 19.3 Å². The highest BCUT2D eigenvalue weighted by atomic mass is 16.3. The van der Waals surface area contributed by atoms with Gasteiger partial charge in [0.1, 0.15) is 11.5 Å². The lowest BCUT2D eigenvalue weighted by molar-refractivity contribution is 0.0901. The second-order valence-electron chi connectivity index (χ2n) is 5.31. The van der Waals surface area contributed by atoms with Crippen molar-refractivity contribution in [2.75, 3.05) is 0 Å². The Kier molecular flexibility index (Phi) is 3.18. The molecule has 102 valence electrons. The number of Topliss-reactive ketones (excluding diaryl/α,β-unsaturated/α-hetero) is 1. The summed E-state index contributed by atoms with van der Waals surface area (Å²) in [6, 6.07) is 12.0. The first-order valence-electron chi connectivity index (χ1n) is 6.77. The Bertz CT molecular complexity index is 644. The van der Waals surface area contributed by atoms with Gasteiger partial charge in [-0.15, -0.1) is 0 Å². The van der Waals surface area contributed by atoms with Gasteiger partial charge in [-0.3, -0.25) is 4.79 Å². The minimum absolute atomic E-state index is 0.0171. The van der Waals surface area contributed by atoms with E-state index >= 15 is 0 Å². The van der Waals surface area contributed by atoms with E-state index in [0.717, 1.165) is 29.5 Å². The maximum absolute atomic E-state index is 12.5. The predicted molar refractivity (Wildman–Crippen MR) is 76.1 cm³/mol. The molecular weight excluding hydrogens is 252 g/mol. The van der Waals surface area contributed by atoms with Gasteiger partial charge in [0.25, 0.3) is 0 Å². The fraction of sp³-hybridized carbons (Fsp3) is 0.235. The molecule has 3 heteroatoms. The van der Waals surface area contributed by atoms with Crippen molar-refractivity contribution in [3.05, 3.63) is 59.2 Å². The van der Waals surface area contributed by atoms with Crippen LogP contribution in [0.15, 0.2) is 42.5 Å². The summed E-state index contributed by atoms with van der Waals surface area (Å²) in [5.41, 5.74) is 2.73. The largest absolute Gasteiger partial charge is 0.508 e. The van der Waals surface area contributed by atoms with Crippen LogP contribution >= 0.6 is 0 Å². The molecule has 0 radical (unpaired) electrons. The zero-order valence-electron chi connectivity index (χ0n) is 11.0. The average Bonchev–Trinajstić information content (AvgIpc) is 2.44. The van der Waals surface area contributed by atoms with Gasteiger partial charge in [-0.1, -0.05) is 12.1 Å². The molecule has 2 aromatic rings. The van der Waals surface area contributed by atoms with E-state index in [1.165, 1.54) is 0 Å². The molecule has 1 atom stereocenters. The number of ketones is 1. The number of carbonyl (C=O) groups is 1. The van der Waals surface area contributed by atoms with E-state index in [9.17, 15) is 15.0 Å². The van der Waals surface area contributed by atoms with Crippen LogP contribution < -0.4 is 0 Å². The lowest BCUT2D eigenvalue weighted by Crippen LogP contribution is -2.24. The maximum Gasteiger partial charge on any atom is 0.166 e. The van der Waals surface area contributed by atoms with Gasteiger partial charge in [0.2, 0.25) is 0 Å². The molecule has 0 spiro atoms. The Balaban J connectivity index is 1.81. The fourth-order valence-corrected chi connectivity index (χ4v) is 2.82. The molecule has 0 bridgehead atoms. The Morgan fingerprint density at radius 2 is 1.70 bits per heavy atom. The zero-order valence-corrected chi connectivity index (χ0v) is 11.0. The topological polar surface area (TPSA) is 57.5 Å². The first-order valence-corrected chi connectivity index (χ1v) is 6.77. The minimum Gasteiger partial charge on any atom is -0.508 e. The molecule has 0 amide bonds. The van der Waals surface area contributed by atoms with E-state index in [1.54, 1.807) is 30.3 Å². The third-order valence-corrected chi connectivity index (χ3v) is 3.91. The maximum atomic E-state index is 12.5. The number of hydrogen-bond acceptors (Lipinski definition) is 3. The van der Waals surface area contributed by atoms with Gasteiger partial charge in [-0.05, 0) is 60.7 Å². The highest BCUT2D eigenvalue weighted by Crippen LogP contribution is 2.30. The van der Waals surface area contributed by atoms with Gasteiger partial charge in [-0.2, -0.15) is 0 Å². The molecule has 0 heterocycles. The fourth-order valence-electron chi connectivity index (χ4n) is 2.82. The van der Waals surface area contributed by atoms with E-state index in [4.69, 9.17) is 0 Å². The van der Waals surface area contributed by atoms with Crippen LogP contribution in [0.25, 0.3) is 0 Å². The number of carbonyl (C=O) groups excluding carboxylic acids is 1. The lowest BCUT2D eigenvalue weighted by Gasteiger charge is -2.23. The molecule has 20 heavy (non-hydrogen) atoms. The van der Waals surface area contributed by atoms with Gasteiger partial charge in [0, 0.05) is 11.5 Å². The van der Waals surface area contributed by atoms with Gasteiger partial charge >= 0.3 is 0 Å². The van der Waals surface area contributed by atoms with Crippen molar-refractivity contribution in [2.24, 2.45) is 5.92 Å². The molecular formula is C17H16O3. The van der Waals surface area contributed by atoms with Crippen molar-refractivity contribution in [1.29, 1.82) is 0 Å². The number of fused-ring (bicyclic) bond motifs is 1. The van der Waals surface area contributed by atoms with E-state index < -0.39 is 0 Å². The van der Waals surface area contributed by atoms with Gasteiger partial charge in [-0.25, -0.2) is 0 Å². The summed E-state index contributed by atoms with van der Waals surface area (Å²) in [6.07, 6.45) is 2.31. The first-order chi connectivity index (χ1) is 9.63. The van der Waals surface area contributed by atoms with Crippen LogP contribution in [0, 0.1) is 5.92 Å². The molecule has 2 aromatic carbocycles. The number of hydrogen-bond donors (Lipinski definition) is 2. The Morgan fingerprint density at radius 3 is 2.45 bits per heavy atom. The molecule has 3 nitrogen and oxygen atoms in total. The van der Waals surface area contributed by atoms with Crippen molar-refractivity contribution in [1.82, 2.24) is 0 Å². The van der Waals surface area contributed by atoms with E-state index in [1.807, 2.05) is 12.1 Å². The third-order valence-electron chi connectivity index (χ3n) is 3.91. The smallest absolute Gasteiger partial charge is 0.166 e. The van der Waals surface area contributed by atoms with Gasteiger partial charge in [0.15, 0.2) is 5.78 Å².